The third-order valence-electron chi connectivity index (χ3n) is 5.66. The zero-order chi connectivity index (χ0) is 23.5. The SMILES string of the molecule is CC(C(=O)Nc1cccc2c(=O)n(C(C(N)=O)c3ccccc3)ccc12)c1ccc(Cl)cc1. The molecule has 1 aromatic heterocycles. The van der Waals surface area contributed by atoms with Gasteiger partial charge in [0, 0.05) is 27.7 Å². The smallest absolute Gasteiger partial charge is 0.259 e. The van der Waals surface area contributed by atoms with Crippen LogP contribution in [-0.4, -0.2) is 16.4 Å². The van der Waals surface area contributed by atoms with Gasteiger partial charge in [-0.25, -0.2) is 0 Å². The standard InChI is InChI=1S/C26H22ClN3O3/c1-16(17-10-12-19(27)13-11-17)25(32)29-22-9-5-8-21-20(22)14-15-30(26(21)33)23(24(28)31)18-6-3-2-4-7-18/h2-16,23H,1H3,(H2,28,31)(H,29,32). The molecule has 166 valence electrons. The highest BCUT2D eigenvalue weighted by Gasteiger charge is 2.22. The predicted octanol–water partition coefficient (Wildman–Crippen LogP) is 4.47. The molecule has 0 fully saturated rings. The van der Waals surface area contributed by atoms with Gasteiger partial charge in [0.2, 0.25) is 11.8 Å². The van der Waals surface area contributed by atoms with Gasteiger partial charge in [-0.2, -0.15) is 0 Å². The third kappa shape index (κ3) is 4.52. The average Bonchev–Trinajstić information content (AvgIpc) is 2.81. The van der Waals surface area contributed by atoms with Crippen molar-refractivity contribution < 1.29 is 9.59 Å². The summed E-state index contributed by atoms with van der Waals surface area (Å²) in [4.78, 5) is 38.4. The number of carbonyl (C=O) groups is 2. The number of rotatable bonds is 6. The summed E-state index contributed by atoms with van der Waals surface area (Å²) in [5.74, 6) is -1.27. The summed E-state index contributed by atoms with van der Waals surface area (Å²) in [5.41, 5.74) is 7.23. The highest BCUT2D eigenvalue weighted by molar-refractivity contribution is 6.30. The summed E-state index contributed by atoms with van der Waals surface area (Å²) >= 11 is 5.94. The topological polar surface area (TPSA) is 94.2 Å². The Bertz CT molecular complexity index is 1380. The Morgan fingerprint density at radius 2 is 1.58 bits per heavy atom. The van der Waals surface area contributed by atoms with Crippen LogP contribution in [0.5, 0.6) is 0 Å². The molecule has 0 aliphatic heterocycles. The molecule has 1 heterocycles. The number of pyridine rings is 1. The van der Waals surface area contributed by atoms with E-state index in [-0.39, 0.29) is 11.5 Å². The molecule has 0 aliphatic rings. The van der Waals surface area contributed by atoms with Gasteiger partial charge in [0.1, 0.15) is 6.04 Å². The number of hydrogen-bond donors (Lipinski definition) is 2. The number of primary amides is 1. The van der Waals surface area contributed by atoms with Crippen LogP contribution >= 0.6 is 11.6 Å². The van der Waals surface area contributed by atoms with Crippen molar-refractivity contribution in [3.63, 3.8) is 0 Å². The maximum Gasteiger partial charge on any atom is 0.259 e. The summed E-state index contributed by atoms with van der Waals surface area (Å²) in [7, 11) is 0. The lowest BCUT2D eigenvalue weighted by Crippen LogP contribution is -2.34. The number of halogens is 1. The number of carbonyl (C=O) groups excluding carboxylic acids is 2. The van der Waals surface area contributed by atoms with Crippen molar-refractivity contribution in [2.75, 3.05) is 5.32 Å². The third-order valence-corrected chi connectivity index (χ3v) is 5.91. The molecule has 0 aliphatic carbocycles. The Balaban J connectivity index is 1.70. The first-order chi connectivity index (χ1) is 15.9. The van der Waals surface area contributed by atoms with Crippen molar-refractivity contribution in [2.45, 2.75) is 18.9 Å². The van der Waals surface area contributed by atoms with Crippen LogP contribution in [0.4, 0.5) is 5.69 Å². The molecular formula is C26H22ClN3O3. The van der Waals surface area contributed by atoms with Crippen molar-refractivity contribution >= 4 is 39.9 Å². The first-order valence-corrected chi connectivity index (χ1v) is 10.8. The van der Waals surface area contributed by atoms with Crippen molar-refractivity contribution in [3.05, 3.63) is 112 Å². The van der Waals surface area contributed by atoms with Crippen LogP contribution < -0.4 is 16.6 Å². The molecular weight excluding hydrogens is 438 g/mol. The van der Waals surface area contributed by atoms with Crippen molar-refractivity contribution in [2.24, 2.45) is 5.73 Å². The van der Waals surface area contributed by atoms with E-state index in [0.717, 1.165) is 5.56 Å². The average molecular weight is 460 g/mol. The van der Waals surface area contributed by atoms with Gasteiger partial charge in [0.05, 0.1) is 5.92 Å². The Kier molecular flexibility index (Phi) is 6.29. The van der Waals surface area contributed by atoms with Gasteiger partial charge in [-0.1, -0.05) is 60.1 Å². The van der Waals surface area contributed by atoms with Crippen LogP contribution in [0.15, 0.2) is 89.9 Å². The second kappa shape index (κ2) is 9.30. The molecule has 0 spiro atoms. The van der Waals surface area contributed by atoms with Gasteiger partial charge in [-0.05, 0) is 48.4 Å². The number of fused-ring (bicyclic) bond motifs is 1. The monoisotopic (exact) mass is 459 g/mol. The van der Waals surface area contributed by atoms with Crippen LogP contribution in [0.2, 0.25) is 5.02 Å². The number of nitrogens with zero attached hydrogens (tertiary/aromatic N) is 1. The zero-order valence-electron chi connectivity index (χ0n) is 17.9. The molecule has 0 radical (unpaired) electrons. The number of aromatic nitrogens is 1. The first-order valence-electron chi connectivity index (χ1n) is 10.4. The van der Waals surface area contributed by atoms with Gasteiger partial charge >= 0.3 is 0 Å². The van der Waals surface area contributed by atoms with Crippen molar-refractivity contribution in [1.29, 1.82) is 0 Å². The van der Waals surface area contributed by atoms with Crippen LogP contribution in [0, 0.1) is 0 Å². The van der Waals surface area contributed by atoms with Gasteiger partial charge in [-0.3, -0.25) is 19.0 Å². The highest BCUT2D eigenvalue weighted by Crippen LogP contribution is 2.26. The van der Waals surface area contributed by atoms with E-state index in [1.54, 1.807) is 67.6 Å². The van der Waals surface area contributed by atoms with Gasteiger partial charge in [-0.15, -0.1) is 0 Å². The fourth-order valence-electron chi connectivity index (χ4n) is 3.85. The van der Waals surface area contributed by atoms with E-state index >= 15 is 0 Å². The quantitative estimate of drug-likeness (QED) is 0.445. The number of amides is 2. The summed E-state index contributed by atoms with van der Waals surface area (Å²) in [6.45, 7) is 1.80. The first kappa shape index (κ1) is 22.3. The molecule has 0 saturated heterocycles. The molecule has 3 aromatic carbocycles. The lowest BCUT2D eigenvalue weighted by Gasteiger charge is -2.19. The zero-order valence-corrected chi connectivity index (χ0v) is 18.6. The van der Waals surface area contributed by atoms with E-state index in [2.05, 4.69) is 5.32 Å². The Morgan fingerprint density at radius 3 is 2.24 bits per heavy atom. The number of nitrogens with one attached hydrogen (secondary N) is 1. The summed E-state index contributed by atoms with van der Waals surface area (Å²) < 4.78 is 1.32. The van der Waals surface area contributed by atoms with E-state index < -0.39 is 17.9 Å². The lowest BCUT2D eigenvalue weighted by atomic mass is 10.00. The molecule has 4 aromatic rings. The molecule has 2 amide bonds. The van der Waals surface area contributed by atoms with Crippen molar-refractivity contribution in [1.82, 2.24) is 4.57 Å². The minimum Gasteiger partial charge on any atom is -0.368 e. The minimum atomic E-state index is -0.939. The Hall–Kier alpha value is -3.90. The number of anilines is 1. The van der Waals surface area contributed by atoms with Gasteiger partial charge in [0.15, 0.2) is 0 Å². The van der Waals surface area contributed by atoms with Gasteiger partial charge in [0.25, 0.3) is 5.56 Å². The molecule has 3 N–H and O–H groups in total. The summed E-state index contributed by atoms with van der Waals surface area (Å²) in [5, 5.41) is 4.46. The molecule has 2 unspecified atom stereocenters. The largest absolute Gasteiger partial charge is 0.368 e. The molecule has 33 heavy (non-hydrogen) atoms. The highest BCUT2D eigenvalue weighted by atomic mass is 35.5. The molecule has 7 heteroatoms. The minimum absolute atomic E-state index is 0.215. The van der Waals surface area contributed by atoms with Crippen LogP contribution in [0.25, 0.3) is 10.8 Å². The van der Waals surface area contributed by atoms with Crippen LogP contribution in [-0.2, 0) is 9.59 Å². The Labute approximate surface area is 195 Å². The fraction of sp³-hybridized carbons (Fsp3) is 0.115. The maximum atomic E-state index is 13.3. The van der Waals surface area contributed by atoms with E-state index in [9.17, 15) is 14.4 Å². The number of hydrogen-bond acceptors (Lipinski definition) is 3. The Morgan fingerprint density at radius 1 is 0.879 bits per heavy atom. The van der Waals surface area contributed by atoms with E-state index in [1.165, 1.54) is 10.8 Å². The normalized spacial score (nSPS) is 12.8. The maximum absolute atomic E-state index is 13.3. The van der Waals surface area contributed by atoms with Gasteiger partial charge < -0.3 is 11.1 Å². The molecule has 0 bridgehead atoms. The lowest BCUT2D eigenvalue weighted by molar-refractivity contribution is -0.120. The summed E-state index contributed by atoms with van der Waals surface area (Å²) in [6, 6.07) is 21.8. The molecule has 2 atom stereocenters. The van der Waals surface area contributed by atoms with Crippen LogP contribution in [0.3, 0.4) is 0 Å². The number of benzene rings is 3. The predicted molar refractivity (Wildman–Crippen MR) is 130 cm³/mol. The van der Waals surface area contributed by atoms with E-state index in [4.69, 9.17) is 17.3 Å². The molecule has 4 rings (SSSR count). The van der Waals surface area contributed by atoms with E-state index in [0.29, 0.717) is 27.0 Å². The second-order valence-corrected chi connectivity index (χ2v) is 8.21. The fourth-order valence-corrected chi connectivity index (χ4v) is 3.97. The summed E-state index contributed by atoms with van der Waals surface area (Å²) in [6.07, 6.45) is 1.53. The van der Waals surface area contributed by atoms with Crippen LogP contribution in [0.1, 0.15) is 30.0 Å². The number of nitrogens with two attached hydrogens (primary N) is 1. The second-order valence-electron chi connectivity index (χ2n) is 7.77. The molecule has 0 saturated carbocycles. The van der Waals surface area contributed by atoms with Crippen molar-refractivity contribution in [3.8, 4) is 0 Å². The van der Waals surface area contributed by atoms with E-state index in [1.807, 2.05) is 18.2 Å². The molecule has 6 nitrogen and oxygen atoms in total.